The number of hydrogen-bond acceptors (Lipinski definition) is 4. The van der Waals surface area contributed by atoms with Gasteiger partial charge >= 0.3 is 5.63 Å². The van der Waals surface area contributed by atoms with Crippen LogP contribution in [0.25, 0.3) is 22.4 Å². The van der Waals surface area contributed by atoms with Gasteiger partial charge in [0.1, 0.15) is 5.75 Å². The SMILES string of the molecule is COc1ccc(-c2nc3c(Br)cc(Br)cc3c(=O)o2)cc1. The molecule has 21 heavy (non-hydrogen) atoms. The van der Waals surface area contributed by atoms with Gasteiger partial charge in [0.2, 0.25) is 5.89 Å². The number of hydrogen-bond donors (Lipinski definition) is 0. The summed E-state index contributed by atoms with van der Waals surface area (Å²) < 4.78 is 11.9. The van der Waals surface area contributed by atoms with Crippen molar-refractivity contribution < 1.29 is 9.15 Å². The topological polar surface area (TPSA) is 52.3 Å². The van der Waals surface area contributed by atoms with Crippen LogP contribution in [0.15, 0.2) is 54.6 Å². The Kier molecular flexibility index (Phi) is 3.82. The highest BCUT2D eigenvalue weighted by atomic mass is 79.9. The Labute approximate surface area is 137 Å². The third-order valence-corrected chi connectivity index (χ3v) is 4.05. The second-order valence-corrected chi connectivity index (χ2v) is 6.09. The van der Waals surface area contributed by atoms with Gasteiger partial charge in [0.25, 0.3) is 0 Å². The average Bonchev–Trinajstić information content (AvgIpc) is 2.48. The molecule has 0 saturated heterocycles. The lowest BCUT2D eigenvalue weighted by Gasteiger charge is -2.05. The highest BCUT2D eigenvalue weighted by Crippen LogP contribution is 2.28. The number of nitrogens with zero attached hydrogens (tertiary/aromatic N) is 1. The first-order valence-electron chi connectivity index (χ1n) is 6.03. The molecule has 0 spiro atoms. The van der Waals surface area contributed by atoms with Gasteiger partial charge in [0, 0.05) is 14.5 Å². The lowest BCUT2D eigenvalue weighted by Crippen LogP contribution is -2.03. The third-order valence-electron chi connectivity index (χ3n) is 2.99. The molecule has 0 N–H and O–H groups in total. The summed E-state index contributed by atoms with van der Waals surface area (Å²) in [6.07, 6.45) is 0. The van der Waals surface area contributed by atoms with E-state index in [0.29, 0.717) is 16.5 Å². The van der Waals surface area contributed by atoms with Crippen molar-refractivity contribution in [3.8, 4) is 17.2 Å². The van der Waals surface area contributed by atoms with Crippen molar-refractivity contribution in [1.82, 2.24) is 4.98 Å². The molecule has 3 aromatic rings. The molecule has 0 aliphatic heterocycles. The molecule has 2 aromatic carbocycles. The zero-order valence-electron chi connectivity index (χ0n) is 10.9. The van der Waals surface area contributed by atoms with Crippen LogP contribution in [0.2, 0.25) is 0 Å². The highest BCUT2D eigenvalue weighted by Gasteiger charge is 2.12. The lowest BCUT2D eigenvalue weighted by atomic mass is 10.2. The predicted molar refractivity (Wildman–Crippen MR) is 87.7 cm³/mol. The molecule has 3 rings (SSSR count). The van der Waals surface area contributed by atoms with Crippen LogP contribution in [-0.4, -0.2) is 12.1 Å². The van der Waals surface area contributed by atoms with Crippen LogP contribution in [0, 0.1) is 0 Å². The number of benzene rings is 2. The molecule has 106 valence electrons. The van der Waals surface area contributed by atoms with Crippen molar-refractivity contribution in [3.63, 3.8) is 0 Å². The number of methoxy groups -OCH3 is 1. The Morgan fingerprint density at radius 3 is 2.52 bits per heavy atom. The van der Waals surface area contributed by atoms with Crippen molar-refractivity contribution >= 4 is 42.8 Å². The molecule has 0 atom stereocenters. The molecular weight excluding hydrogens is 402 g/mol. The third kappa shape index (κ3) is 2.73. The Hall–Kier alpha value is -1.66. The second kappa shape index (κ2) is 5.61. The van der Waals surface area contributed by atoms with Gasteiger partial charge in [-0.3, -0.25) is 0 Å². The molecule has 0 fully saturated rings. The normalized spacial score (nSPS) is 10.8. The van der Waals surface area contributed by atoms with Crippen LogP contribution in [-0.2, 0) is 0 Å². The van der Waals surface area contributed by atoms with E-state index in [0.717, 1.165) is 14.7 Å². The van der Waals surface area contributed by atoms with Crippen LogP contribution in [0.1, 0.15) is 0 Å². The molecule has 0 unspecified atom stereocenters. The van der Waals surface area contributed by atoms with Gasteiger partial charge in [-0.05, 0) is 52.3 Å². The van der Waals surface area contributed by atoms with Crippen molar-refractivity contribution in [3.05, 3.63) is 55.8 Å². The first kappa shape index (κ1) is 14.3. The van der Waals surface area contributed by atoms with Crippen LogP contribution < -0.4 is 10.4 Å². The molecule has 1 aromatic heterocycles. The predicted octanol–water partition coefficient (Wildman–Crippen LogP) is 4.39. The van der Waals surface area contributed by atoms with Crippen molar-refractivity contribution in [2.75, 3.05) is 7.11 Å². The monoisotopic (exact) mass is 409 g/mol. The van der Waals surface area contributed by atoms with E-state index in [1.54, 1.807) is 37.4 Å². The molecule has 6 heteroatoms. The maximum absolute atomic E-state index is 12.1. The van der Waals surface area contributed by atoms with Gasteiger partial charge in [0.05, 0.1) is 18.0 Å². The smallest absolute Gasteiger partial charge is 0.347 e. The molecule has 0 saturated carbocycles. The first-order valence-corrected chi connectivity index (χ1v) is 7.61. The Morgan fingerprint density at radius 2 is 1.86 bits per heavy atom. The van der Waals surface area contributed by atoms with Crippen LogP contribution in [0.4, 0.5) is 0 Å². The maximum Gasteiger partial charge on any atom is 0.347 e. The van der Waals surface area contributed by atoms with E-state index in [9.17, 15) is 4.79 Å². The largest absolute Gasteiger partial charge is 0.497 e. The molecule has 0 amide bonds. The van der Waals surface area contributed by atoms with E-state index in [2.05, 4.69) is 36.8 Å². The molecular formula is C15H9Br2NO3. The zero-order valence-corrected chi connectivity index (χ0v) is 14.1. The fourth-order valence-corrected chi connectivity index (χ4v) is 3.27. The number of halogens is 2. The molecule has 0 aliphatic rings. The molecule has 0 bridgehead atoms. The average molecular weight is 411 g/mol. The van der Waals surface area contributed by atoms with Crippen molar-refractivity contribution in [2.24, 2.45) is 0 Å². The van der Waals surface area contributed by atoms with Crippen molar-refractivity contribution in [1.29, 1.82) is 0 Å². The summed E-state index contributed by atoms with van der Waals surface area (Å²) in [5.41, 5.74) is 0.859. The minimum absolute atomic E-state index is 0.276. The van der Waals surface area contributed by atoms with Crippen LogP contribution >= 0.6 is 31.9 Å². The minimum Gasteiger partial charge on any atom is -0.497 e. The fourth-order valence-electron chi connectivity index (χ4n) is 1.96. The molecule has 0 radical (unpaired) electrons. The number of aromatic nitrogens is 1. The second-order valence-electron chi connectivity index (χ2n) is 4.32. The quantitative estimate of drug-likeness (QED) is 0.628. The summed E-state index contributed by atoms with van der Waals surface area (Å²) in [5, 5.41) is 0.425. The Morgan fingerprint density at radius 1 is 1.14 bits per heavy atom. The van der Waals surface area contributed by atoms with E-state index >= 15 is 0 Å². The zero-order chi connectivity index (χ0) is 15.0. The van der Waals surface area contributed by atoms with Gasteiger partial charge in [-0.15, -0.1) is 0 Å². The number of ether oxygens (including phenoxy) is 1. The number of rotatable bonds is 2. The standard InChI is InChI=1S/C15H9Br2NO3/c1-20-10-4-2-8(3-5-10)14-18-13-11(15(19)21-14)6-9(16)7-12(13)17/h2-7H,1H3. The number of fused-ring (bicyclic) bond motifs is 1. The maximum atomic E-state index is 12.1. The molecule has 1 heterocycles. The lowest BCUT2D eigenvalue weighted by molar-refractivity contribution is 0.415. The fraction of sp³-hybridized carbons (Fsp3) is 0.0667. The van der Waals surface area contributed by atoms with Gasteiger partial charge in [-0.2, -0.15) is 0 Å². The van der Waals surface area contributed by atoms with Gasteiger partial charge in [-0.1, -0.05) is 15.9 Å². The van der Waals surface area contributed by atoms with Gasteiger partial charge in [-0.25, -0.2) is 9.78 Å². The summed E-state index contributed by atoms with van der Waals surface area (Å²) in [6, 6.07) is 10.7. The summed E-state index contributed by atoms with van der Waals surface area (Å²) in [4.78, 5) is 16.6. The summed E-state index contributed by atoms with van der Waals surface area (Å²) >= 11 is 6.76. The van der Waals surface area contributed by atoms with Gasteiger partial charge < -0.3 is 9.15 Å². The Balaban J connectivity index is 2.22. The van der Waals surface area contributed by atoms with Crippen LogP contribution in [0.5, 0.6) is 5.75 Å². The first-order chi connectivity index (χ1) is 10.1. The highest BCUT2D eigenvalue weighted by molar-refractivity contribution is 9.11. The van der Waals surface area contributed by atoms with Crippen LogP contribution in [0.3, 0.4) is 0 Å². The summed E-state index contributed by atoms with van der Waals surface area (Å²) in [7, 11) is 1.60. The molecule has 0 aliphatic carbocycles. The minimum atomic E-state index is -0.423. The Bertz CT molecular complexity index is 872. The van der Waals surface area contributed by atoms with Crippen molar-refractivity contribution in [2.45, 2.75) is 0 Å². The molecule has 4 nitrogen and oxygen atoms in total. The van der Waals surface area contributed by atoms with E-state index in [1.807, 2.05) is 6.07 Å². The summed E-state index contributed by atoms with van der Waals surface area (Å²) in [5.74, 6) is 1.00. The van der Waals surface area contributed by atoms with E-state index in [-0.39, 0.29) is 5.89 Å². The van der Waals surface area contributed by atoms with E-state index < -0.39 is 5.63 Å². The van der Waals surface area contributed by atoms with Gasteiger partial charge in [0.15, 0.2) is 0 Å². The van der Waals surface area contributed by atoms with E-state index in [4.69, 9.17) is 9.15 Å². The summed E-state index contributed by atoms with van der Waals surface area (Å²) in [6.45, 7) is 0. The van der Waals surface area contributed by atoms with E-state index in [1.165, 1.54) is 0 Å².